The van der Waals surface area contributed by atoms with Crippen molar-refractivity contribution in [2.24, 2.45) is 7.05 Å². The van der Waals surface area contributed by atoms with E-state index in [0.29, 0.717) is 17.1 Å². The van der Waals surface area contributed by atoms with Gasteiger partial charge in [-0.25, -0.2) is 0 Å². The molecule has 0 spiro atoms. The number of H-pyrrole nitrogens is 1. The summed E-state index contributed by atoms with van der Waals surface area (Å²) in [7, 11) is 1.84. The number of aromatic nitrogens is 3. The van der Waals surface area contributed by atoms with Gasteiger partial charge in [-0.15, -0.1) is 0 Å². The molecule has 6 heteroatoms. The minimum atomic E-state index is -0.120. The van der Waals surface area contributed by atoms with Crippen molar-refractivity contribution in [3.05, 3.63) is 87.8 Å². The molecule has 0 fully saturated rings. The molecular formula is C23H23ClN4O. The van der Waals surface area contributed by atoms with Crippen molar-refractivity contribution in [1.82, 2.24) is 20.1 Å². The van der Waals surface area contributed by atoms with Crippen LogP contribution in [0.1, 0.15) is 38.8 Å². The zero-order chi connectivity index (χ0) is 20.5. The number of aryl methyl sites for hydroxylation is 2. The largest absolute Gasteiger partial charge is 0.361 e. The molecule has 148 valence electrons. The maximum absolute atomic E-state index is 12.9. The first kappa shape index (κ1) is 19.3. The molecule has 2 heterocycles. The predicted octanol–water partition coefficient (Wildman–Crippen LogP) is 4.73. The Hall–Kier alpha value is -3.05. The molecule has 0 saturated heterocycles. The lowest BCUT2D eigenvalue weighted by Gasteiger charge is -2.19. The van der Waals surface area contributed by atoms with Crippen molar-refractivity contribution in [3.8, 4) is 0 Å². The highest BCUT2D eigenvalue weighted by molar-refractivity contribution is 6.31. The fourth-order valence-corrected chi connectivity index (χ4v) is 4.18. The first-order valence-electron chi connectivity index (χ1n) is 9.56. The van der Waals surface area contributed by atoms with Crippen LogP contribution >= 0.6 is 11.6 Å². The van der Waals surface area contributed by atoms with Gasteiger partial charge in [0, 0.05) is 47.3 Å². The average molecular weight is 407 g/mol. The topological polar surface area (TPSA) is 62.7 Å². The Bertz CT molecular complexity index is 1190. The van der Waals surface area contributed by atoms with E-state index >= 15 is 0 Å². The number of rotatable bonds is 5. The summed E-state index contributed by atoms with van der Waals surface area (Å²) in [6, 6.07) is 15.9. The molecular weight excluding hydrogens is 384 g/mol. The number of nitrogens with zero attached hydrogens (tertiary/aromatic N) is 2. The first-order chi connectivity index (χ1) is 14.0. The molecule has 1 amide bonds. The molecule has 4 rings (SSSR count). The zero-order valence-electron chi connectivity index (χ0n) is 16.7. The lowest BCUT2D eigenvalue weighted by molar-refractivity contribution is 0.0951. The van der Waals surface area contributed by atoms with Crippen LogP contribution < -0.4 is 5.32 Å². The second-order valence-corrected chi connectivity index (χ2v) is 7.65. The van der Waals surface area contributed by atoms with Crippen LogP contribution in [0.2, 0.25) is 5.02 Å². The molecule has 5 nitrogen and oxygen atoms in total. The van der Waals surface area contributed by atoms with Gasteiger partial charge in [-0.05, 0) is 37.1 Å². The molecule has 0 aliphatic heterocycles. The third-order valence-electron chi connectivity index (χ3n) is 5.48. The average Bonchev–Trinajstić information content (AvgIpc) is 3.24. The standard InChI is InChI=1S/C23H23ClN4O/c1-14-22(15(2)28(3)27-14)23(29)26-13-18(16-8-4-6-10-20(16)24)19-12-25-21-11-7-5-9-17(19)21/h4-12,18,25H,13H2,1-3H3,(H,26,29)/t18-/m0/s1. The highest BCUT2D eigenvalue weighted by Gasteiger charge is 2.23. The SMILES string of the molecule is Cc1nn(C)c(C)c1C(=O)NC[C@@H](c1ccccc1Cl)c1c[nH]c2ccccc12. The minimum absolute atomic E-state index is 0.0823. The number of carbonyl (C=O) groups is 1. The second kappa shape index (κ2) is 7.76. The van der Waals surface area contributed by atoms with Crippen LogP contribution in [0, 0.1) is 13.8 Å². The van der Waals surface area contributed by atoms with Crippen LogP contribution in [-0.2, 0) is 7.05 Å². The van der Waals surface area contributed by atoms with Gasteiger partial charge >= 0.3 is 0 Å². The molecule has 0 unspecified atom stereocenters. The molecule has 2 N–H and O–H groups in total. The number of fused-ring (bicyclic) bond motifs is 1. The third kappa shape index (κ3) is 3.54. The van der Waals surface area contributed by atoms with Crippen molar-refractivity contribution in [1.29, 1.82) is 0 Å². The summed E-state index contributed by atoms with van der Waals surface area (Å²) in [5, 5.41) is 9.27. The van der Waals surface area contributed by atoms with E-state index in [1.54, 1.807) is 4.68 Å². The van der Waals surface area contributed by atoms with E-state index in [1.165, 1.54) is 0 Å². The molecule has 2 aromatic carbocycles. The van der Waals surface area contributed by atoms with Crippen LogP contribution in [0.4, 0.5) is 0 Å². The summed E-state index contributed by atoms with van der Waals surface area (Å²) in [5.41, 5.74) is 5.35. The van der Waals surface area contributed by atoms with E-state index in [1.807, 2.05) is 69.6 Å². The van der Waals surface area contributed by atoms with Crippen LogP contribution in [-0.4, -0.2) is 27.2 Å². The highest BCUT2D eigenvalue weighted by atomic mass is 35.5. The molecule has 1 atom stereocenters. The lowest BCUT2D eigenvalue weighted by atomic mass is 9.90. The first-order valence-corrected chi connectivity index (χ1v) is 9.94. The molecule has 0 saturated carbocycles. The van der Waals surface area contributed by atoms with Gasteiger partial charge in [-0.2, -0.15) is 5.10 Å². The van der Waals surface area contributed by atoms with Crippen LogP contribution in [0.3, 0.4) is 0 Å². The van der Waals surface area contributed by atoms with Crippen LogP contribution in [0.15, 0.2) is 54.7 Å². The Morgan fingerprint density at radius 2 is 1.86 bits per heavy atom. The molecule has 0 aliphatic carbocycles. The maximum Gasteiger partial charge on any atom is 0.255 e. The number of hydrogen-bond acceptors (Lipinski definition) is 2. The fraction of sp³-hybridized carbons (Fsp3) is 0.217. The summed E-state index contributed by atoms with van der Waals surface area (Å²) in [6.45, 7) is 4.19. The summed E-state index contributed by atoms with van der Waals surface area (Å²) >= 11 is 6.54. The van der Waals surface area contributed by atoms with Gasteiger partial charge < -0.3 is 10.3 Å². The lowest BCUT2D eigenvalue weighted by Crippen LogP contribution is -2.29. The Balaban J connectivity index is 1.70. The quantitative estimate of drug-likeness (QED) is 0.503. The molecule has 0 bridgehead atoms. The molecule has 0 aliphatic rings. The Labute approximate surface area is 174 Å². The molecule has 0 radical (unpaired) electrons. The number of halogens is 1. The summed E-state index contributed by atoms with van der Waals surface area (Å²) in [5.74, 6) is -0.203. The van der Waals surface area contributed by atoms with E-state index in [-0.39, 0.29) is 11.8 Å². The Morgan fingerprint density at radius 3 is 2.59 bits per heavy atom. The van der Waals surface area contributed by atoms with E-state index < -0.39 is 0 Å². The van der Waals surface area contributed by atoms with Gasteiger partial charge in [-0.3, -0.25) is 9.48 Å². The van der Waals surface area contributed by atoms with Gasteiger partial charge in [0.15, 0.2) is 0 Å². The predicted molar refractivity (Wildman–Crippen MR) is 117 cm³/mol. The number of para-hydroxylation sites is 1. The van der Waals surface area contributed by atoms with Gasteiger partial charge in [0.1, 0.15) is 0 Å². The third-order valence-corrected chi connectivity index (χ3v) is 5.82. The second-order valence-electron chi connectivity index (χ2n) is 7.24. The Morgan fingerprint density at radius 1 is 1.14 bits per heavy atom. The normalized spacial score (nSPS) is 12.3. The number of hydrogen-bond donors (Lipinski definition) is 2. The van der Waals surface area contributed by atoms with Crippen molar-refractivity contribution >= 4 is 28.4 Å². The monoisotopic (exact) mass is 406 g/mol. The molecule has 29 heavy (non-hydrogen) atoms. The number of carbonyl (C=O) groups excluding carboxylic acids is 1. The summed E-state index contributed by atoms with van der Waals surface area (Å²) in [6.07, 6.45) is 2.01. The summed E-state index contributed by atoms with van der Waals surface area (Å²) in [4.78, 5) is 16.3. The minimum Gasteiger partial charge on any atom is -0.361 e. The number of benzene rings is 2. The molecule has 2 aromatic heterocycles. The van der Waals surface area contributed by atoms with Crippen LogP contribution in [0.5, 0.6) is 0 Å². The van der Waals surface area contributed by atoms with Crippen molar-refractivity contribution in [2.45, 2.75) is 19.8 Å². The van der Waals surface area contributed by atoms with Gasteiger partial charge in [0.25, 0.3) is 5.91 Å². The summed E-state index contributed by atoms with van der Waals surface area (Å²) < 4.78 is 1.73. The smallest absolute Gasteiger partial charge is 0.255 e. The fourth-order valence-electron chi connectivity index (χ4n) is 3.91. The van der Waals surface area contributed by atoms with Crippen molar-refractivity contribution in [3.63, 3.8) is 0 Å². The van der Waals surface area contributed by atoms with Gasteiger partial charge in [0.2, 0.25) is 0 Å². The number of nitrogens with one attached hydrogen (secondary N) is 2. The number of amides is 1. The number of aromatic amines is 1. The van der Waals surface area contributed by atoms with Crippen LogP contribution in [0.25, 0.3) is 10.9 Å². The van der Waals surface area contributed by atoms with E-state index in [4.69, 9.17) is 11.6 Å². The maximum atomic E-state index is 12.9. The van der Waals surface area contributed by atoms with E-state index in [0.717, 1.165) is 33.4 Å². The zero-order valence-corrected chi connectivity index (χ0v) is 17.4. The van der Waals surface area contributed by atoms with Gasteiger partial charge in [-0.1, -0.05) is 48.0 Å². The van der Waals surface area contributed by atoms with Crippen molar-refractivity contribution in [2.75, 3.05) is 6.54 Å². The van der Waals surface area contributed by atoms with E-state index in [2.05, 4.69) is 21.5 Å². The molecule has 4 aromatic rings. The Kier molecular flexibility index (Phi) is 5.16. The highest BCUT2D eigenvalue weighted by Crippen LogP contribution is 2.34. The van der Waals surface area contributed by atoms with Gasteiger partial charge in [0.05, 0.1) is 11.3 Å². The van der Waals surface area contributed by atoms with Crippen molar-refractivity contribution < 1.29 is 4.79 Å². The van der Waals surface area contributed by atoms with E-state index in [9.17, 15) is 4.79 Å².